The standard InChI is InChI=1S/C11H11NO4/c1-3-16-11(14)9-7(6-12)4-5-8(15-2)10(9)13/h4-5,13H,3H2,1-2H3. The van der Waals surface area contributed by atoms with E-state index in [2.05, 4.69) is 0 Å². The molecule has 0 saturated carbocycles. The van der Waals surface area contributed by atoms with Crippen LogP contribution in [0.3, 0.4) is 0 Å². The fourth-order valence-electron chi connectivity index (χ4n) is 1.24. The van der Waals surface area contributed by atoms with Crippen LogP contribution in [0.4, 0.5) is 0 Å². The zero-order chi connectivity index (χ0) is 12.1. The number of ether oxygens (including phenoxy) is 2. The normalized spacial score (nSPS) is 9.31. The van der Waals surface area contributed by atoms with E-state index in [1.54, 1.807) is 6.92 Å². The van der Waals surface area contributed by atoms with Crippen molar-refractivity contribution >= 4 is 5.97 Å². The van der Waals surface area contributed by atoms with E-state index >= 15 is 0 Å². The number of phenols is 1. The molecule has 0 saturated heterocycles. The Morgan fingerprint density at radius 1 is 1.56 bits per heavy atom. The number of phenolic OH excluding ortho intramolecular Hbond substituents is 1. The van der Waals surface area contributed by atoms with Crippen molar-refractivity contribution in [3.8, 4) is 17.6 Å². The third-order valence-corrected chi connectivity index (χ3v) is 1.96. The molecule has 0 aromatic heterocycles. The molecular formula is C11H11NO4. The lowest BCUT2D eigenvalue weighted by Gasteiger charge is -2.09. The number of aromatic hydroxyl groups is 1. The summed E-state index contributed by atoms with van der Waals surface area (Å²) < 4.78 is 9.59. The Bertz CT molecular complexity index is 448. The molecule has 1 N–H and O–H groups in total. The molecule has 0 atom stereocenters. The van der Waals surface area contributed by atoms with E-state index in [1.165, 1.54) is 19.2 Å². The third kappa shape index (κ3) is 2.06. The van der Waals surface area contributed by atoms with Crippen molar-refractivity contribution < 1.29 is 19.4 Å². The quantitative estimate of drug-likeness (QED) is 0.781. The van der Waals surface area contributed by atoms with Gasteiger partial charge in [-0.2, -0.15) is 5.26 Å². The molecule has 1 rings (SSSR count). The first kappa shape index (κ1) is 11.9. The molecule has 0 amide bonds. The van der Waals surface area contributed by atoms with Crippen LogP contribution in [0.1, 0.15) is 22.8 Å². The summed E-state index contributed by atoms with van der Waals surface area (Å²) in [6, 6.07) is 4.62. The van der Waals surface area contributed by atoms with Gasteiger partial charge in [0.1, 0.15) is 11.6 Å². The average molecular weight is 221 g/mol. The van der Waals surface area contributed by atoms with E-state index in [0.717, 1.165) is 0 Å². The van der Waals surface area contributed by atoms with Crippen LogP contribution in [-0.2, 0) is 4.74 Å². The lowest BCUT2D eigenvalue weighted by atomic mass is 10.1. The molecule has 0 radical (unpaired) electrons. The summed E-state index contributed by atoms with van der Waals surface area (Å²) in [4.78, 5) is 11.5. The Balaban J connectivity index is 3.33. The maximum Gasteiger partial charge on any atom is 0.343 e. The van der Waals surface area contributed by atoms with E-state index < -0.39 is 5.97 Å². The van der Waals surface area contributed by atoms with Crippen molar-refractivity contribution in [1.82, 2.24) is 0 Å². The number of nitriles is 1. The zero-order valence-electron chi connectivity index (χ0n) is 8.98. The summed E-state index contributed by atoms with van der Waals surface area (Å²) >= 11 is 0. The maximum atomic E-state index is 11.5. The Kier molecular flexibility index (Phi) is 3.72. The smallest absolute Gasteiger partial charge is 0.343 e. The molecular weight excluding hydrogens is 210 g/mol. The van der Waals surface area contributed by atoms with Gasteiger partial charge in [0.25, 0.3) is 0 Å². The Morgan fingerprint density at radius 3 is 2.75 bits per heavy atom. The molecule has 1 aromatic carbocycles. The summed E-state index contributed by atoms with van der Waals surface area (Å²) in [5.74, 6) is -0.988. The minimum Gasteiger partial charge on any atom is -0.504 e. The predicted molar refractivity (Wildman–Crippen MR) is 55.3 cm³/mol. The minimum absolute atomic E-state index is 0.0525. The highest BCUT2D eigenvalue weighted by atomic mass is 16.5. The highest BCUT2D eigenvalue weighted by Crippen LogP contribution is 2.32. The second kappa shape index (κ2) is 5.03. The zero-order valence-corrected chi connectivity index (χ0v) is 8.98. The third-order valence-electron chi connectivity index (χ3n) is 1.96. The monoisotopic (exact) mass is 221 g/mol. The largest absolute Gasteiger partial charge is 0.504 e. The van der Waals surface area contributed by atoms with Crippen LogP contribution < -0.4 is 4.74 Å². The maximum absolute atomic E-state index is 11.5. The van der Waals surface area contributed by atoms with Gasteiger partial charge in [0.2, 0.25) is 0 Å². The van der Waals surface area contributed by atoms with Gasteiger partial charge in [-0.25, -0.2) is 4.79 Å². The number of benzene rings is 1. The number of rotatable bonds is 3. The molecule has 0 unspecified atom stereocenters. The van der Waals surface area contributed by atoms with Crippen molar-refractivity contribution in [3.05, 3.63) is 23.3 Å². The Hall–Kier alpha value is -2.22. The van der Waals surface area contributed by atoms with Crippen LogP contribution in [0, 0.1) is 11.3 Å². The van der Waals surface area contributed by atoms with Gasteiger partial charge in [0.15, 0.2) is 11.5 Å². The number of nitrogens with zero attached hydrogens (tertiary/aromatic N) is 1. The van der Waals surface area contributed by atoms with E-state index in [0.29, 0.717) is 0 Å². The first-order chi connectivity index (χ1) is 7.65. The second-order valence-electron chi connectivity index (χ2n) is 2.87. The minimum atomic E-state index is -0.740. The van der Waals surface area contributed by atoms with Gasteiger partial charge in [0.05, 0.1) is 19.3 Å². The van der Waals surface area contributed by atoms with Crippen molar-refractivity contribution in [1.29, 1.82) is 5.26 Å². The number of methoxy groups -OCH3 is 1. The Labute approximate surface area is 92.8 Å². The van der Waals surface area contributed by atoms with E-state index in [1.807, 2.05) is 6.07 Å². The molecule has 16 heavy (non-hydrogen) atoms. The molecule has 0 aliphatic heterocycles. The van der Waals surface area contributed by atoms with Crippen LogP contribution in [0.5, 0.6) is 11.5 Å². The van der Waals surface area contributed by atoms with E-state index in [4.69, 9.17) is 14.7 Å². The van der Waals surface area contributed by atoms with Gasteiger partial charge in [-0.3, -0.25) is 0 Å². The van der Waals surface area contributed by atoms with Crippen molar-refractivity contribution in [2.24, 2.45) is 0 Å². The number of hydrogen-bond acceptors (Lipinski definition) is 5. The molecule has 5 nitrogen and oxygen atoms in total. The van der Waals surface area contributed by atoms with Gasteiger partial charge in [0, 0.05) is 0 Å². The van der Waals surface area contributed by atoms with Crippen molar-refractivity contribution in [2.75, 3.05) is 13.7 Å². The van der Waals surface area contributed by atoms with Crippen molar-refractivity contribution in [2.45, 2.75) is 6.92 Å². The number of carbonyl (C=O) groups excluding carboxylic acids is 1. The highest BCUT2D eigenvalue weighted by Gasteiger charge is 2.21. The van der Waals surface area contributed by atoms with Crippen LogP contribution in [0.15, 0.2) is 12.1 Å². The van der Waals surface area contributed by atoms with Gasteiger partial charge < -0.3 is 14.6 Å². The predicted octanol–water partition coefficient (Wildman–Crippen LogP) is 1.45. The highest BCUT2D eigenvalue weighted by molar-refractivity contribution is 5.96. The van der Waals surface area contributed by atoms with Gasteiger partial charge >= 0.3 is 5.97 Å². The van der Waals surface area contributed by atoms with Crippen LogP contribution in [-0.4, -0.2) is 24.8 Å². The molecule has 84 valence electrons. The second-order valence-corrected chi connectivity index (χ2v) is 2.87. The number of esters is 1. The van der Waals surface area contributed by atoms with Gasteiger partial charge in [-0.05, 0) is 19.1 Å². The fraction of sp³-hybridized carbons (Fsp3) is 0.273. The lowest BCUT2D eigenvalue weighted by Crippen LogP contribution is -2.08. The van der Waals surface area contributed by atoms with Crippen molar-refractivity contribution in [3.63, 3.8) is 0 Å². The first-order valence-corrected chi connectivity index (χ1v) is 4.62. The number of carbonyl (C=O) groups is 1. The summed E-state index contributed by atoms with van der Waals surface area (Å²) in [6.45, 7) is 1.81. The summed E-state index contributed by atoms with van der Waals surface area (Å²) in [5.41, 5.74) is -0.111. The fourth-order valence-corrected chi connectivity index (χ4v) is 1.24. The van der Waals surface area contributed by atoms with Gasteiger partial charge in [-0.1, -0.05) is 0 Å². The van der Waals surface area contributed by atoms with E-state index in [-0.39, 0.29) is 29.2 Å². The molecule has 0 aliphatic carbocycles. The summed E-state index contributed by atoms with van der Waals surface area (Å²) in [6.07, 6.45) is 0. The molecule has 0 aliphatic rings. The topological polar surface area (TPSA) is 79.6 Å². The van der Waals surface area contributed by atoms with Crippen LogP contribution in [0.2, 0.25) is 0 Å². The summed E-state index contributed by atoms with van der Waals surface area (Å²) in [7, 11) is 1.36. The van der Waals surface area contributed by atoms with Gasteiger partial charge in [-0.15, -0.1) is 0 Å². The lowest BCUT2D eigenvalue weighted by molar-refractivity contribution is 0.0522. The molecule has 1 aromatic rings. The Morgan fingerprint density at radius 2 is 2.25 bits per heavy atom. The molecule has 0 bridgehead atoms. The SMILES string of the molecule is CCOC(=O)c1c(C#N)ccc(OC)c1O. The van der Waals surface area contributed by atoms with Crippen LogP contribution in [0.25, 0.3) is 0 Å². The average Bonchev–Trinajstić information content (AvgIpc) is 2.28. The molecule has 5 heteroatoms. The molecule has 0 fully saturated rings. The first-order valence-electron chi connectivity index (χ1n) is 4.62. The summed E-state index contributed by atoms with van der Waals surface area (Å²) in [5, 5.41) is 18.5. The number of hydrogen-bond donors (Lipinski definition) is 1. The van der Waals surface area contributed by atoms with E-state index in [9.17, 15) is 9.90 Å². The molecule has 0 spiro atoms. The van der Waals surface area contributed by atoms with Crippen LogP contribution >= 0.6 is 0 Å². The molecule has 0 heterocycles.